The second-order valence-electron chi connectivity index (χ2n) is 7.65. The number of aromatic nitrogens is 5. The molecule has 3 aromatic heterocycles. The average Bonchev–Trinajstić information content (AvgIpc) is 3.15. The molecule has 9 nitrogen and oxygen atoms in total. The minimum absolute atomic E-state index is 0.00930. The van der Waals surface area contributed by atoms with E-state index < -0.39 is 10.0 Å². The lowest BCUT2D eigenvalue weighted by Crippen LogP contribution is -2.39. The molecule has 1 aliphatic heterocycles. The summed E-state index contributed by atoms with van der Waals surface area (Å²) in [5, 5.41) is 3.31. The molecule has 0 aromatic carbocycles. The molecule has 0 radical (unpaired) electrons. The zero-order valence-electron chi connectivity index (χ0n) is 17.3. The minimum atomic E-state index is -3.62. The van der Waals surface area contributed by atoms with Gasteiger partial charge in [-0.15, -0.1) is 0 Å². The van der Waals surface area contributed by atoms with E-state index in [1.165, 1.54) is 16.8 Å². The van der Waals surface area contributed by atoms with E-state index in [0.717, 1.165) is 24.1 Å². The van der Waals surface area contributed by atoms with Gasteiger partial charge in [0.2, 0.25) is 0 Å². The summed E-state index contributed by atoms with van der Waals surface area (Å²) in [4.78, 5) is 17.4. The molecule has 0 saturated carbocycles. The molecule has 1 aliphatic rings. The molecule has 10 heteroatoms. The Kier molecular flexibility index (Phi) is 5.52. The van der Waals surface area contributed by atoms with Crippen LogP contribution in [0.4, 0.5) is 11.6 Å². The van der Waals surface area contributed by atoms with Crippen LogP contribution in [0.3, 0.4) is 0 Å². The molecular weight excluding hydrogens is 402 g/mol. The Morgan fingerprint density at radius 2 is 1.97 bits per heavy atom. The summed E-state index contributed by atoms with van der Waals surface area (Å²) in [7, 11) is -1.87. The highest BCUT2D eigenvalue weighted by Gasteiger charge is 2.33. The number of sulfonamides is 1. The first-order valence-corrected chi connectivity index (χ1v) is 11.3. The summed E-state index contributed by atoms with van der Waals surface area (Å²) in [5.41, 5.74) is 1.93. The standard InChI is InChI=1S/C20H25N7O2S/c1-14-6-7-21-18(9-14)25-19-10-17(23-15(2)24-19)16-5-4-8-27(11-16)30(28,29)20-12-26(3)13-22-20/h6-7,9-10,12-13,16H,4-5,8,11H2,1-3H3,(H,21,23,24,25)/t16-/m1/s1. The van der Waals surface area contributed by atoms with E-state index in [1.54, 1.807) is 17.8 Å². The van der Waals surface area contributed by atoms with Crippen LogP contribution in [0.2, 0.25) is 0 Å². The third-order valence-electron chi connectivity index (χ3n) is 5.12. The molecular formula is C20H25N7O2S. The molecule has 0 unspecified atom stereocenters. The summed E-state index contributed by atoms with van der Waals surface area (Å²) in [6.45, 7) is 4.70. The van der Waals surface area contributed by atoms with Crippen LogP contribution < -0.4 is 5.32 Å². The van der Waals surface area contributed by atoms with Gasteiger partial charge in [-0.1, -0.05) is 0 Å². The Hall–Kier alpha value is -2.85. The molecule has 1 atom stereocenters. The van der Waals surface area contributed by atoms with E-state index in [0.29, 0.717) is 30.5 Å². The summed E-state index contributed by atoms with van der Waals surface area (Å²) < 4.78 is 29.1. The molecule has 1 fully saturated rings. The van der Waals surface area contributed by atoms with Crippen molar-refractivity contribution in [3.05, 3.63) is 54.0 Å². The van der Waals surface area contributed by atoms with Crippen LogP contribution in [0.25, 0.3) is 0 Å². The number of rotatable bonds is 5. The predicted molar refractivity (Wildman–Crippen MR) is 113 cm³/mol. The molecule has 0 bridgehead atoms. The van der Waals surface area contributed by atoms with Crippen molar-refractivity contribution in [1.29, 1.82) is 0 Å². The third-order valence-corrected chi connectivity index (χ3v) is 6.87. The Balaban J connectivity index is 1.57. The fraction of sp³-hybridized carbons (Fsp3) is 0.400. The first-order valence-electron chi connectivity index (χ1n) is 9.84. The highest BCUT2D eigenvalue weighted by molar-refractivity contribution is 7.89. The minimum Gasteiger partial charge on any atom is -0.339 e. The van der Waals surface area contributed by atoms with Gasteiger partial charge in [-0.25, -0.2) is 28.4 Å². The second kappa shape index (κ2) is 8.11. The molecule has 158 valence electrons. The van der Waals surface area contributed by atoms with Crippen molar-refractivity contribution in [2.75, 3.05) is 18.4 Å². The molecule has 1 N–H and O–H groups in total. The second-order valence-corrected chi connectivity index (χ2v) is 9.53. The van der Waals surface area contributed by atoms with Crippen LogP contribution in [0, 0.1) is 13.8 Å². The van der Waals surface area contributed by atoms with Gasteiger partial charge in [0.05, 0.1) is 12.0 Å². The lowest BCUT2D eigenvalue weighted by molar-refractivity contribution is 0.311. The number of imidazole rings is 1. The summed E-state index contributed by atoms with van der Waals surface area (Å²) in [5.74, 6) is 1.99. The number of hydrogen-bond donors (Lipinski definition) is 1. The Labute approximate surface area is 176 Å². The van der Waals surface area contributed by atoms with E-state index >= 15 is 0 Å². The van der Waals surface area contributed by atoms with Gasteiger partial charge in [0.15, 0.2) is 5.03 Å². The molecule has 30 heavy (non-hydrogen) atoms. The lowest BCUT2D eigenvalue weighted by Gasteiger charge is -2.31. The first kappa shape index (κ1) is 20.4. The Bertz CT molecular complexity index is 1160. The van der Waals surface area contributed by atoms with E-state index in [9.17, 15) is 8.42 Å². The maximum Gasteiger partial charge on any atom is 0.262 e. The van der Waals surface area contributed by atoms with Gasteiger partial charge in [-0.05, 0) is 44.4 Å². The number of piperidine rings is 1. The number of pyridine rings is 1. The normalized spacial score (nSPS) is 17.8. The average molecular weight is 428 g/mol. The number of aryl methyl sites for hydroxylation is 3. The first-order chi connectivity index (χ1) is 14.3. The van der Waals surface area contributed by atoms with Crippen LogP contribution in [0.1, 0.15) is 35.8 Å². The molecule has 0 spiro atoms. The van der Waals surface area contributed by atoms with Crippen LogP contribution in [-0.4, -0.2) is 50.3 Å². The van der Waals surface area contributed by atoms with Crippen molar-refractivity contribution in [1.82, 2.24) is 28.8 Å². The molecule has 3 aromatic rings. The maximum atomic E-state index is 13.0. The van der Waals surface area contributed by atoms with Gasteiger partial charge < -0.3 is 9.88 Å². The quantitative estimate of drug-likeness (QED) is 0.667. The topological polar surface area (TPSA) is 106 Å². The predicted octanol–water partition coefficient (Wildman–Crippen LogP) is 2.53. The van der Waals surface area contributed by atoms with Crippen molar-refractivity contribution >= 4 is 21.7 Å². The zero-order chi connectivity index (χ0) is 21.3. The summed E-state index contributed by atoms with van der Waals surface area (Å²) in [6.07, 6.45) is 6.41. The van der Waals surface area contributed by atoms with Gasteiger partial charge in [0.25, 0.3) is 10.0 Å². The molecule has 1 saturated heterocycles. The van der Waals surface area contributed by atoms with Crippen molar-refractivity contribution < 1.29 is 8.42 Å². The number of anilines is 2. The third kappa shape index (κ3) is 4.34. The SMILES string of the molecule is Cc1ccnc(Nc2cc([C@@H]3CCCN(S(=O)(=O)c4cn(C)cn4)C3)nc(C)n2)c1. The molecule has 0 amide bonds. The highest BCUT2D eigenvalue weighted by Crippen LogP contribution is 2.30. The van der Waals surface area contributed by atoms with E-state index in [4.69, 9.17) is 0 Å². The van der Waals surface area contributed by atoms with Gasteiger partial charge >= 0.3 is 0 Å². The zero-order valence-corrected chi connectivity index (χ0v) is 18.1. The smallest absolute Gasteiger partial charge is 0.262 e. The monoisotopic (exact) mass is 427 g/mol. The van der Waals surface area contributed by atoms with Crippen LogP contribution in [0.5, 0.6) is 0 Å². The number of hydrogen-bond acceptors (Lipinski definition) is 7. The van der Waals surface area contributed by atoms with E-state index in [2.05, 4.69) is 25.3 Å². The Morgan fingerprint density at radius 1 is 1.13 bits per heavy atom. The van der Waals surface area contributed by atoms with Crippen molar-refractivity contribution in [2.24, 2.45) is 7.05 Å². The summed E-state index contributed by atoms with van der Waals surface area (Å²) in [6, 6.07) is 5.76. The van der Waals surface area contributed by atoms with Crippen LogP contribution in [-0.2, 0) is 17.1 Å². The largest absolute Gasteiger partial charge is 0.339 e. The van der Waals surface area contributed by atoms with Gasteiger partial charge in [0.1, 0.15) is 17.5 Å². The highest BCUT2D eigenvalue weighted by atomic mass is 32.2. The fourth-order valence-corrected chi connectivity index (χ4v) is 5.15. The van der Waals surface area contributed by atoms with Crippen molar-refractivity contribution in [3.63, 3.8) is 0 Å². The van der Waals surface area contributed by atoms with Crippen molar-refractivity contribution in [2.45, 2.75) is 37.6 Å². The number of nitrogens with one attached hydrogen (secondary N) is 1. The molecule has 4 heterocycles. The molecule has 0 aliphatic carbocycles. The number of nitrogens with zero attached hydrogens (tertiary/aromatic N) is 6. The van der Waals surface area contributed by atoms with Gasteiger partial charge in [-0.2, -0.15) is 4.31 Å². The van der Waals surface area contributed by atoms with Gasteiger partial charge in [-0.3, -0.25) is 0 Å². The van der Waals surface area contributed by atoms with Crippen LogP contribution in [0.15, 0.2) is 41.9 Å². The Morgan fingerprint density at radius 3 is 2.70 bits per heavy atom. The van der Waals surface area contributed by atoms with E-state index in [-0.39, 0.29) is 10.9 Å². The summed E-state index contributed by atoms with van der Waals surface area (Å²) >= 11 is 0. The van der Waals surface area contributed by atoms with Crippen molar-refractivity contribution in [3.8, 4) is 0 Å². The molecule has 4 rings (SSSR count). The lowest BCUT2D eigenvalue weighted by atomic mass is 9.96. The fourth-order valence-electron chi connectivity index (χ4n) is 3.66. The van der Waals surface area contributed by atoms with Gasteiger partial charge in [0, 0.05) is 44.5 Å². The van der Waals surface area contributed by atoms with Crippen LogP contribution >= 0.6 is 0 Å². The van der Waals surface area contributed by atoms with E-state index in [1.807, 2.05) is 32.0 Å². The maximum absolute atomic E-state index is 13.0.